The molecule has 1 amide bonds. The number of hydrogen-bond acceptors (Lipinski definition) is 5. The molecular weight excluding hydrogens is 310 g/mol. The van der Waals surface area contributed by atoms with E-state index in [1.165, 1.54) is 6.08 Å². The van der Waals surface area contributed by atoms with Crippen molar-refractivity contribution in [2.24, 2.45) is 0 Å². The quantitative estimate of drug-likeness (QED) is 0.446. The van der Waals surface area contributed by atoms with Gasteiger partial charge in [0.1, 0.15) is 11.3 Å². The Balaban J connectivity index is 2.89. The number of amides is 1. The molecule has 0 aromatic rings. The molecule has 1 rings (SSSR count). The zero-order chi connectivity index (χ0) is 18.5. The van der Waals surface area contributed by atoms with Gasteiger partial charge in [0.2, 0.25) is 0 Å². The minimum atomic E-state index is -0.776. The Labute approximate surface area is 144 Å². The predicted octanol–water partition coefficient (Wildman–Crippen LogP) is 3.42. The first-order chi connectivity index (χ1) is 11.0. The predicted molar refractivity (Wildman–Crippen MR) is 91.4 cm³/mol. The largest absolute Gasteiger partial charge is 0.463 e. The van der Waals surface area contributed by atoms with Gasteiger partial charge in [-0.2, -0.15) is 0 Å². The van der Waals surface area contributed by atoms with Gasteiger partial charge in [0.25, 0.3) is 0 Å². The number of ether oxygens (including phenoxy) is 3. The van der Waals surface area contributed by atoms with Crippen molar-refractivity contribution >= 4 is 12.1 Å². The van der Waals surface area contributed by atoms with Gasteiger partial charge in [0.15, 0.2) is 0 Å². The molecule has 0 aromatic carbocycles. The van der Waals surface area contributed by atoms with Gasteiger partial charge in [-0.15, -0.1) is 0 Å². The summed E-state index contributed by atoms with van der Waals surface area (Å²) >= 11 is 0. The molecule has 6 nitrogen and oxygen atoms in total. The van der Waals surface area contributed by atoms with Crippen LogP contribution in [0.15, 0.2) is 24.3 Å². The maximum Gasteiger partial charge on any atom is 0.413 e. The second-order valence-electron chi connectivity index (χ2n) is 7.11. The highest BCUT2D eigenvalue weighted by Crippen LogP contribution is 2.34. The van der Waals surface area contributed by atoms with Crippen LogP contribution in [0, 0.1) is 0 Å². The minimum absolute atomic E-state index is 0.195. The molecule has 6 heteroatoms. The fraction of sp³-hybridized carbons (Fsp3) is 0.667. The van der Waals surface area contributed by atoms with Crippen LogP contribution in [0.5, 0.6) is 0 Å². The smallest absolute Gasteiger partial charge is 0.413 e. The maximum absolute atomic E-state index is 12.6. The van der Waals surface area contributed by atoms with Crippen molar-refractivity contribution in [1.82, 2.24) is 4.90 Å². The summed E-state index contributed by atoms with van der Waals surface area (Å²) in [5.41, 5.74) is -1.36. The fourth-order valence-corrected chi connectivity index (χ4v) is 2.55. The van der Waals surface area contributed by atoms with Crippen LogP contribution in [0.1, 0.15) is 48.5 Å². The zero-order valence-electron chi connectivity index (χ0n) is 15.7. The summed E-state index contributed by atoms with van der Waals surface area (Å²) < 4.78 is 16.2. The van der Waals surface area contributed by atoms with Crippen LogP contribution in [0.3, 0.4) is 0 Å². The number of esters is 1. The van der Waals surface area contributed by atoms with Crippen molar-refractivity contribution in [3.8, 4) is 0 Å². The number of hydrogen-bond donors (Lipinski definition) is 0. The molecule has 0 saturated carbocycles. The summed E-state index contributed by atoms with van der Waals surface area (Å²) in [4.78, 5) is 25.4. The Hall–Kier alpha value is -1.82. The lowest BCUT2D eigenvalue weighted by Crippen LogP contribution is -2.49. The van der Waals surface area contributed by atoms with Gasteiger partial charge >= 0.3 is 12.1 Å². The van der Waals surface area contributed by atoms with Crippen molar-refractivity contribution in [3.63, 3.8) is 0 Å². The van der Waals surface area contributed by atoms with Crippen LogP contribution in [0.4, 0.5) is 4.79 Å². The minimum Gasteiger partial charge on any atom is -0.463 e. The Morgan fingerprint density at radius 3 is 2.42 bits per heavy atom. The Kier molecular flexibility index (Phi) is 6.60. The molecule has 2 atom stereocenters. The van der Waals surface area contributed by atoms with Crippen molar-refractivity contribution in [2.75, 3.05) is 6.61 Å². The van der Waals surface area contributed by atoms with Crippen molar-refractivity contribution in [1.29, 1.82) is 0 Å². The van der Waals surface area contributed by atoms with E-state index in [4.69, 9.17) is 14.2 Å². The van der Waals surface area contributed by atoms with Crippen LogP contribution in [-0.2, 0) is 19.0 Å². The molecule has 0 spiro atoms. The summed E-state index contributed by atoms with van der Waals surface area (Å²) in [6.45, 7) is 13.1. The van der Waals surface area contributed by atoms with Gasteiger partial charge in [-0.25, -0.2) is 9.59 Å². The summed E-state index contributed by atoms with van der Waals surface area (Å²) in [5.74, 6) is -0.401. The molecule has 1 aliphatic rings. The molecular formula is C18H29NO5. The molecule has 0 aromatic heterocycles. The highest BCUT2D eigenvalue weighted by atomic mass is 16.6. The molecule has 0 aliphatic carbocycles. The molecule has 1 fully saturated rings. The number of carbonyl (C=O) groups excluding carboxylic acids is 2. The highest BCUT2D eigenvalue weighted by molar-refractivity contribution is 5.82. The zero-order valence-corrected chi connectivity index (χ0v) is 15.7. The molecule has 24 heavy (non-hydrogen) atoms. The lowest BCUT2D eigenvalue weighted by Gasteiger charge is -2.34. The molecule has 0 N–H and O–H groups in total. The van der Waals surface area contributed by atoms with Gasteiger partial charge in [0, 0.05) is 6.08 Å². The third-order valence-corrected chi connectivity index (χ3v) is 3.36. The third kappa shape index (κ3) is 5.67. The van der Waals surface area contributed by atoms with Gasteiger partial charge in [-0.3, -0.25) is 4.90 Å². The van der Waals surface area contributed by atoms with Gasteiger partial charge in [-0.1, -0.05) is 18.2 Å². The average molecular weight is 339 g/mol. The van der Waals surface area contributed by atoms with Crippen LogP contribution in [0.2, 0.25) is 0 Å². The first-order valence-corrected chi connectivity index (χ1v) is 8.19. The topological polar surface area (TPSA) is 65.1 Å². The average Bonchev–Trinajstić information content (AvgIpc) is 2.62. The third-order valence-electron chi connectivity index (χ3n) is 3.36. The van der Waals surface area contributed by atoms with E-state index in [-0.39, 0.29) is 12.1 Å². The molecule has 0 unspecified atom stereocenters. The Morgan fingerprint density at radius 1 is 1.25 bits per heavy atom. The lowest BCUT2D eigenvalue weighted by molar-refractivity contribution is -0.137. The second kappa shape index (κ2) is 7.83. The number of rotatable bonds is 4. The molecule has 0 bridgehead atoms. The first kappa shape index (κ1) is 20.2. The van der Waals surface area contributed by atoms with E-state index in [2.05, 4.69) is 0 Å². The van der Waals surface area contributed by atoms with Crippen molar-refractivity contribution in [3.05, 3.63) is 24.3 Å². The van der Waals surface area contributed by atoms with Crippen molar-refractivity contribution in [2.45, 2.75) is 71.9 Å². The summed E-state index contributed by atoms with van der Waals surface area (Å²) in [6, 6.07) is -0.290. The molecule has 1 saturated heterocycles. The van der Waals surface area contributed by atoms with E-state index in [9.17, 15) is 9.59 Å². The van der Waals surface area contributed by atoms with E-state index >= 15 is 0 Å². The van der Waals surface area contributed by atoms with Crippen LogP contribution in [0.25, 0.3) is 0 Å². The van der Waals surface area contributed by atoms with E-state index in [1.54, 1.807) is 24.0 Å². The van der Waals surface area contributed by atoms with Crippen LogP contribution in [-0.4, -0.2) is 47.0 Å². The lowest BCUT2D eigenvalue weighted by atomic mass is 10.1. The number of allylic oxidation sites excluding steroid dienone is 2. The molecule has 0 radical (unpaired) electrons. The van der Waals surface area contributed by atoms with E-state index < -0.39 is 23.4 Å². The standard InChI is InChI=1S/C18H29NO5/c1-8-22-15(20)12-10-9-11-14-13(2)23-18(6,7)19(14)16(21)24-17(3,4)5/h9-14H,8H2,1-7H3/b11-9+,12-10+/t13-,14+/m1/s1. The van der Waals surface area contributed by atoms with E-state index in [0.717, 1.165) is 0 Å². The highest BCUT2D eigenvalue weighted by Gasteiger charge is 2.48. The van der Waals surface area contributed by atoms with E-state index in [1.807, 2.05) is 47.6 Å². The van der Waals surface area contributed by atoms with Crippen LogP contribution >= 0.6 is 0 Å². The SMILES string of the molecule is CCOC(=O)/C=C/C=C/[C@H]1[C@@H](C)OC(C)(C)N1C(=O)OC(C)(C)C. The molecule has 136 valence electrons. The molecule has 1 heterocycles. The first-order valence-electron chi connectivity index (χ1n) is 8.19. The monoisotopic (exact) mass is 339 g/mol. The summed E-state index contributed by atoms with van der Waals surface area (Å²) in [7, 11) is 0. The Morgan fingerprint density at radius 2 is 1.88 bits per heavy atom. The molecule has 1 aliphatic heterocycles. The van der Waals surface area contributed by atoms with Crippen LogP contribution < -0.4 is 0 Å². The van der Waals surface area contributed by atoms with Crippen molar-refractivity contribution < 1.29 is 23.8 Å². The number of nitrogens with zero attached hydrogens (tertiary/aromatic N) is 1. The Bertz CT molecular complexity index is 516. The second-order valence-corrected chi connectivity index (χ2v) is 7.11. The van der Waals surface area contributed by atoms with Gasteiger partial charge < -0.3 is 14.2 Å². The summed E-state index contributed by atoms with van der Waals surface area (Å²) in [5, 5.41) is 0. The van der Waals surface area contributed by atoms with Gasteiger partial charge in [0.05, 0.1) is 18.8 Å². The van der Waals surface area contributed by atoms with Gasteiger partial charge in [-0.05, 0) is 48.5 Å². The normalized spacial score (nSPS) is 23.9. The van der Waals surface area contributed by atoms with E-state index in [0.29, 0.717) is 6.61 Å². The fourth-order valence-electron chi connectivity index (χ4n) is 2.55. The maximum atomic E-state index is 12.6. The number of carbonyl (C=O) groups is 2. The summed E-state index contributed by atoms with van der Waals surface area (Å²) in [6.07, 6.45) is 5.83.